The van der Waals surface area contributed by atoms with Gasteiger partial charge in [-0.05, 0) is 24.6 Å². The number of hydrogen-bond donors (Lipinski definition) is 1. The van der Waals surface area contributed by atoms with E-state index in [0.717, 1.165) is 11.1 Å². The summed E-state index contributed by atoms with van der Waals surface area (Å²) in [7, 11) is 0. The van der Waals surface area contributed by atoms with Crippen molar-refractivity contribution in [2.75, 3.05) is 11.4 Å². The van der Waals surface area contributed by atoms with Crippen molar-refractivity contribution in [2.24, 2.45) is 5.41 Å². The summed E-state index contributed by atoms with van der Waals surface area (Å²) in [5, 5.41) is 10.7. The van der Waals surface area contributed by atoms with Crippen molar-refractivity contribution in [3.05, 3.63) is 76.8 Å². The van der Waals surface area contributed by atoms with Gasteiger partial charge in [-0.2, -0.15) is 0 Å². The standard InChI is InChI=1S/C23H26N4O2/c1-16(28)21(18-7-5-4-6-8-18)27-15-23(2,3)14-26-20(29)13-19(25-22(26)27)17-9-11-24-12-10-17/h4-13,16,21,28H,14-15H2,1-3H3. The normalized spacial score (nSPS) is 17.4. The minimum absolute atomic E-state index is 0.0861. The third-order valence-corrected chi connectivity index (χ3v) is 5.34. The summed E-state index contributed by atoms with van der Waals surface area (Å²) in [4.78, 5) is 24.0. The molecule has 0 spiro atoms. The minimum Gasteiger partial charge on any atom is -0.391 e. The zero-order valence-electron chi connectivity index (χ0n) is 17.0. The van der Waals surface area contributed by atoms with Gasteiger partial charge in [-0.1, -0.05) is 44.2 Å². The van der Waals surface area contributed by atoms with Gasteiger partial charge in [-0.25, -0.2) is 4.98 Å². The van der Waals surface area contributed by atoms with Crippen molar-refractivity contribution in [3.8, 4) is 11.3 Å². The van der Waals surface area contributed by atoms with E-state index in [1.165, 1.54) is 0 Å². The Kier molecular flexibility index (Phi) is 4.96. The molecule has 0 aliphatic carbocycles. The maximum Gasteiger partial charge on any atom is 0.255 e. The monoisotopic (exact) mass is 390 g/mol. The van der Waals surface area contributed by atoms with E-state index in [4.69, 9.17) is 4.98 Å². The SMILES string of the molecule is CC(O)C(c1ccccc1)N1CC(C)(C)Cn2c1nc(-c1ccncc1)cc2=O. The van der Waals surface area contributed by atoms with Crippen LogP contribution in [0.1, 0.15) is 32.4 Å². The molecule has 1 aromatic carbocycles. The third-order valence-electron chi connectivity index (χ3n) is 5.34. The van der Waals surface area contributed by atoms with Crippen molar-refractivity contribution in [1.82, 2.24) is 14.5 Å². The average Bonchev–Trinajstić information content (AvgIpc) is 2.69. The van der Waals surface area contributed by atoms with Crippen LogP contribution in [0.5, 0.6) is 0 Å². The maximum atomic E-state index is 13.0. The number of nitrogens with zero attached hydrogens (tertiary/aromatic N) is 4. The summed E-state index contributed by atoms with van der Waals surface area (Å²) >= 11 is 0. The van der Waals surface area contributed by atoms with E-state index in [2.05, 4.69) is 23.7 Å². The quantitative estimate of drug-likeness (QED) is 0.740. The van der Waals surface area contributed by atoms with E-state index in [1.54, 1.807) is 30.0 Å². The van der Waals surface area contributed by atoms with Crippen LogP contribution in [0.15, 0.2) is 65.7 Å². The van der Waals surface area contributed by atoms with Crippen LogP contribution in [0, 0.1) is 5.41 Å². The Labute approximate surface area is 170 Å². The lowest BCUT2D eigenvalue weighted by molar-refractivity contribution is 0.144. The summed E-state index contributed by atoms with van der Waals surface area (Å²) in [5.41, 5.74) is 2.23. The van der Waals surface area contributed by atoms with Crippen molar-refractivity contribution < 1.29 is 5.11 Å². The van der Waals surface area contributed by atoms with Gasteiger partial charge in [0.05, 0.1) is 17.8 Å². The van der Waals surface area contributed by atoms with Crippen LogP contribution in [0.3, 0.4) is 0 Å². The molecule has 4 rings (SSSR count). The van der Waals surface area contributed by atoms with Gasteiger partial charge in [-0.3, -0.25) is 14.3 Å². The van der Waals surface area contributed by atoms with E-state index in [9.17, 15) is 9.90 Å². The minimum atomic E-state index is -0.638. The molecule has 0 saturated carbocycles. The van der Waals surface area contributed by atoms with Crippen molar-refractivity contribution in [1.29, 1.82) is 0 Å². The maximum absolute atomic E-state index is 13.0. The van der Waals surface area contributed by atoms with Crippen LogP contribution >= 0.6 is 0 Å². The Bertz CT molecular complexity index is 1050. The number of rotatable bonds is 4. The first-order chi connectivity index (χ1) is 13.9. The summed E-state index contributed by atoms with van der Waals surface area (Å²) in [6.07, 6.45) is 2.75. The molecule has 0 radical (unpaired) electrons. The molecule has 1 aliphatic heterocycles. The van der Waals surface area contributed by atoms with Crippen molar-refractivity contribution in [2.45, 2.75) is 39.5 Å². The topological polar surface area (TPSA) is 71.2 Å². The van der Waals surface area contributed by atoms with Crippen LogP contribution in [-0.4, -0.2) is 32.3 Å². The average molecular weight is 390 g/mol. The number of aliphatic hydroxyl groups excluding tert-OH is 1. The lowest BCUT2D eigenvalue weighted by atomic mass is 9.88. The molecule has 29 heavy (non-hydrogen) atoms. The molecule has 150 valence electrons. The summed E-state index contributed by atoms with van der Waals surface area (Å²) in [6.45, 7) is 7.33. The van der Waals surface area contributed by atoms with E-state index >= 15 is 0 Å². The molecule has 1 aliphatic rings. The molecule has 0 saturated heterocycles. The highest BCUT2D eigenvalue weighted by atomic mass is 16.3. The second-order valence-electron chi connectivity index (χ2n) is 8.49. The van der Waals surface area contributed by atoms with Gasteiger partial charge >= 0.3 is 0 Å². The Hall–Kier alpha value is -2.99. The number of aromatic nitrogens is 3. The van der Waals surface area contributed by atoms with Gasteiger partial charge in [0.15, 0.2) is 0 Å². The fourth-order valence-electron chi connectivity index (χ4n) is 4.13. The fraction of sp³-hybridized carbons (Fsp3) is 0.348. The molecule has 6 nitrogen and oxygen atoms in total. The first-order valence-electron chi connectivity index (χ1n) is 9.88. The van der Waals surface area contributed by atoms with Crippen molar-refractivity contribution in [3.63, 3.8) is 0 Å². The van der Waals surface area contributed by atoms with E-state index in [-0.39, 0.29) is 17.0 Å². The fourth-order valence-corrected chi connectivity index (χ4v) is 4.13. The number of hydrogen-bond acceptors (Lipinski definition) is 5. The zero-order valence-corrected chi connectivity index (χ0v) is 17.0. The first kappa shape index (κ1) is 19.3. The van der Waals surface area contributed by atoms with Crippen LogP contribution in [0.4, 0.5) is 5.95 Å². The molecule has 0 fully saturated rings. The molecular weight excluding hydrogens is 364 g/mol. The second-order valence-corrected chi connectivity index (χ2v) is 8.49. The molecular formula is C23H26N4O2. The lowest BCUT2D eigenvalue weighted by Gasteiger charge is -2.45. The van der Waals surface area contributed by atoms with Gasteiger partial charge in [0.1, 0.15) is 0 Å². The lowest BCUT2D eigenvalue weighted by Crippen LogP contribution is -2.50. The Morgan fingerprint density at radius 2 is 1.76 bits per heavy atom. The number of aliphatic hydroxyl groups is 1. The van der Waals surface area contributed by atoms with Crippen LogP contribution in [0.25, 0.3) is 11.3 Å². The van der Waals surface area contributed by atoms with E-state index in [0.29, 0.717) is 24.7 Å². The third kappa shape index (κ3) is 3.80. The Morgan fingerprint density at radius 1 is 1.07 bits per heavy atom. The predicted octanol–water partition coefficient (Wildman–Crippen LogP) is 3.27. The van der Waals surface area contributed by atoms with Gasteiger partial charge in [0.25, 0.3) is 5.56 Å². The van der Waals surface area contributed by atoms with Crippen LogP contribution in [0.2, 0.25) is 0 Å². The summed E-state index contributed by atoms with van der Waals surface area (Å²) < 4.78 is 1.73. The predicted molar refractivity (Wildman–Crippen MR) is 114 cm³/mol. The van der Waals surface area contributed by atoms with Gasteiger partial charge in [0.2, 0.25) is 5.95 Å². The molecule has 0 amide bonds. The van der Waals surface area contributed by atoms with Gasteiger partial charge in [0, 0.05) is 42.5 Å². The highest BCUT2D eigenvalue weighted by Gasteiger charge is 2.38. The van der Waals surface area contributed by atoms with E-state index in [1.807, 2.05) is 42.5 Å². The van der Waals surface area contributed by atoms with Crippen LogP contribution < -0.4 is 10.5 Å². The highest BCUT2D eigenvalue weighted by Crippen LogP contribution is 2.37. The largest absolute Gasteiger partial charge is 0.391 e. The molecule has 2 unspecified atom stereocenters. The molecule has 0 bridgehead atoms. The van der Waals surface area contributed by atoms with Crippen molar-refractivity contribution >= 4 is 5.95 Å². The molecule has 1 N–H and O–H groups in total. The molecule has 3 aromatic rings. The summed E-state index contributed by atoms with van der Waals surface area (Å²) in [5.74, 6) is 0.596. The molecule has 2 atom stereocenters. The molecule has 6 heteroatoms. The zero-order chi connectivity index (χ0) is 20.6. The van der Waals surface area contributed by atoms with E-state index < -0.39 is 6.10 Å². The Morgan fingerprint density at radius 3 is 2.41 bits per heavy atom. The highest BCUT2D eigenvalue weighted by molar-refractivity contribution is 5.60. The number of benzene rings is 1. The smallest absolute Gasteiger partial charge is 0.255 e. The first-order valence-corrected chi connectivity index (χ1v) is 9.88. The Balaban J connectivity index is 1.90. The van der Waals surface area contributed by atoms with Crippen LogP contribution in [-0.2, 0) is 6.54 Å². The summed E-state index contributed by atoms with van der Waals surface area (Å²) in [6, 6.07) is 14.9. The number of anilines is 1. The molecule has 3 heterocycles. The molecule has 2 aromatic heterocycles. The van der Waals surface area contributed by atoms with Gasteiger partial charge in [-0.15, -0.1) is 0 Å². The number of pyridine rings is 1. The second kappa shape index (κ2) is 7.44. The van der Waals surface area contributed by atoms with Gasteiger partial charge < -0.3 is 10.0 Å². The number of fused-ring (bicyclic) bond motifs is 1.